The summed E-state index contributed by atoms with van der Waals surface area (Å²) in [5, 5.41) is 0. The van der Waals surface area contributed by atoms with Gasteiger partial charge in [-0.1, -0.05) is 75.9 Å². The molecule has 0 saturated heterocycles. The van der Waals surface area contributed by atoms with Crippen molar-refractivity contribution in [1.29, 1.82) is 0 Å². The van der Waals surface area contributed by atoms with E-state index in [1.54, 1.807) is 6.07 Å². The van der Waals surface area contributed by atoms with Gasteiger partial charge in [0.05, 0.1) is 0 Å². The van der Waals surface area contributed by atoms with Crippen LogP contribution >= 0.6 is 0 Å². The Morgan fingerprint density at radius 2 is 1.35 bits per heavy atom. The maximum absolute atomic E-state index is 14.4. The molecule has 124 valence electrons. The molecule has 0 aliphatic rings. The summed E-state index contributed by atoms with van der Waals surface area (Å²) >= 11 is 0. The Labute approximate surface area is 140 Å². The first-order valence-corrected chi connectivity index (χ1v) is 9.12. The van der Waals surface area contributed by atoms with E-state index in [0.717, 1.165) is 30.4 Å². The van der Waals surface area contributed by atoms with Crippen LogP contribution < -0.4 is 0 Å². The lowest BCUT2D eigenvalue weighted by Crippen LogP contribution is -1.91. The molecule has 0 atom stereocenters. The van der Waals surface area contributed by atoms with Crippen LogP contribution in [0.2, 0.25) is 0 Å². The Morgan fingerprint density at radius 3 is 2.00 bits per heavy atom. The Morgan fingerprint density at radius 1 is 0.696 bits per heavy atom. The molecule has 2 aromatic carbocycles. The van der Waals surface area contributed by atoms with E-state index >= 15 is 0 Å². The zero-order valence-electron chi connectivity index (χ0n) is 14.6. The lowest BCUT2D eigenvalue weighted by molar-refractivity contribution is 0.624. The zero-order chi connectivity index (χ0) is 16.5. The van der Waals surface area contributed by atoms with E-state index in [0.29, 0.717) is 5.56 Å². The van der Waals surface area contributed by atoms with Crippen LogP contribution in [-0.2, 0) is 12.8 Å². The van der Waals surface area contributed by atoms with Gasteiger partial charge in [0.2, 0.25) is 0 Å². The van der Waals surface area contributed by atoms with E-state index < -0.39 is 0 Å². The van der Waals surface area contributed by atoms with Crippen LogP contribution in [-0.4, -0.2) is 0 Å². The largest absolute Gasteiger partial charge is 0.206 e. The first kappa shape index (κ1) is 17.7. The van der Waals surface area contributed by atoms with Crippen LogP contribution in [0.15, 0.2) is 42.5 Å². The van der Waals surface area contributed by atoms with Gasteiger partial charge in [-0.2, -0.15) is 0 Å². The van der Waals surface area contributed by atoms with Gasteiger partial charge in [0.25, 0.3) is 0 Å². The van der Waals surface area contributed by atoms with E-state index in [1.807, 2.05) is 18.2 Å². The van der Waals surface area contributed by atoms with Crippen LogP contribution in [0.4, 0.5) is 4.39 Å². The molecule has 2 aromatic rings. The third-order valence-corrected chi connectivity index (χ3v) is 4.44. The molecular weight excluding hydrogens is 283 g/mol. The van der Waals surface area contributed by atoms with Gasteiger partial charge in [0, 0.05) is 5.56 Å². The molecule has 0 saturated carbocycles. The molecule has 2 rings (SSSR count). The van der Waals surface area contributed by atoms with Gasteiger partial charge < -0.3 is 0 Å². The Bertz CT molecular complexity index is 583. The van der Waals surface area contributed by atoms with Crippen molar-refractivity contribution in [3.05, 3.63) is 59.4 Å². The van der Waals surface area contributed by atoms with Crippen molar-refractivity contribution in [3.63, 3.8) is 0 Å². The SMILES string of the molecule is CCCCCCc1ccc(-c2ccc(CCCC)cc2)c(F)c1. The van der Waals surface area contributed by atoms with Crippen molar-refractivity contribution in [1.82, 2.24) is 0 Å². The third-order valence-electron chi connectivity index (χ3n) is 4.44. The fourth-order valence-electron chi connectivity index (χ4n) is 2.94. The molecule has 0 heterocycles. The number of aryl methyl sites for hydroxylation is 2. The van der Waals surface area contributed by atoms with Crippen molar-refractivity contribution >= 4 is 0 Å². The molecule has 0 amide bonds. The lowest BCUT2D eigenvalue weighted by Gasteiger charge is -2.08. The second-order valence-corrected chi connectivity index (χ2v) is 6.43. The van der Waals surface area contributed by atoms with Crippen molar-refractivity contribution in [3.8, 4) is 11.1 Å². The average molecular weight is 312 g/mol. The molecule has 0 unspecified atom stereocenters. The molecule has 0 bridgehead atoms. The fraction of sp³-hybridized carbons (Fsp3) is 0.455. The Balaban J connectivity index is 2.02. The molecular formula is C22H29F. The predicted molar refractivity (Wildman–Crippen MR) is 98.3 cm³/mol. The number of benzene rings is 2. The van der Waals surface area contributed by atoms with Crippen LogP contribution in [0.3, 0.4) is 0 Å². The van der Waals surface area contributed by atoms with Crippen molar-refractivity contribution in [2.45, 2.75) is 65.2 Å². The van der Waals surface area contributed by atoms with E-state index in [-0.39, 0.29) is 5.82 Å². The zero-order valence-corrected chi connectivity index (χ0v) is 14.6. The molecule has 0 aromatic heterocycles. The van der Waals surface area contributed by atoms with Gasteiger partial charge in [0.15, 0.2) is 0 Å². The highest BCUT2D eigenvalue weighted by Crippen LogP contribution is 2.25. The lowest BCUT2D eigenvalue weighted by atomic mass is 9.98. The van der Waals surface area contributed by atoms with Crippen LogP contribution in [0.25, 0.3) is 11.1 Å². The van der Waals surface area contributed by atoms with Gasteiger partial charge in [-0.05, 0) is 48.4 Å². The van der Waals surface area contributed by atoms with Gasteiger partial charge >= 0.3 is 0 Å². The quantitative estimate of drug-likeness (QED) is 0.439. The highest BCUT2D eigenvalue weighted by molar-refractivity contribution is 5.64. The van der Waals surface area contributed by atoms with Crippen LogP contribution in [0, 0.1) is 5.82 Å². The summed E-state index contributed by atoms with van der Waals surface area (Å²) in [6.45, 7) is 4.41. The average Bonchev–Trinajstić information content (AvgIpc) is 2.58. The molecule has 23 heavy (non-hydrogen) atoms. The third kappa shape index (κ3) is 5.49. The Kier molecular flexibility index (Phi) is 7.32. The minimum atomic E-state index is -0.0979. The standard InChI is InChI=1S/C22H29F/c1-3-5-7-8-10-19-13-16-21(22(23)17-19)20-14-11-18(12-15-20)9-6-4-2/h11-17H,3-10H2,1-2H3. The van der Waals surface area contributed by atoms with E-state index in [1.165, 1.54) is 37.7 Å². The Hall–Kier alpha value is -1.63. The minimum absolute atomic E-state index is 0.0979. The highest BCUT2D eigenvalue weighted by Gasteiger charge is 2.06. The van der Waals surface area contributed by atoms with E-state index in [4.69, 9.17) is 0 Å². The second kappa shape index (κ2) is 9.50. The minimum Gasteiger partial charge on any atom is -0.206 e. The van der Waals surface area contributed by atoms with Crippen molar-refractivity contribution in [2.24, 2.45) is 0 Å². The monoisotopic (exact) mass is 312 g/mol. The first-order valence-electron chi connectivity index (χ1n) is 9.12. The summed E-state index contributed by atoms with van der Waals surface area (Å²) in [6, 6.07) is 14.1. The smallest absolute Gasteiger partial charge is 0.131 e. The molecule has 1 heteroatoms. The molecule has 0 N–H and O–H groups in total. The maximum atomic E-state index is 14.4. The second-order valence-electron chi connectivity index (χ2n) is 6.43. The fourth-order valence-corrected chi connectivity index (χ4v) is 2.94. The summed E-state index contributed by atoms with van der Waals surface area (Å²) in [7, 11) is 0. The van der Waals surface area contributed by atoms with Crippen LogP contribution in [0.1, 0.15) is 63.5 Å². The van der Waals surface area contributed by atoms with Gasteiger partial charge in [-0.15, -0.1) is 0 Å². The molecule has 0 fully saturated rings. The maximum Gasteiger partial charge on any atom is 0.131 e. The molecule has 0 aliphatic heterocycles. The van der Waals surface area contributed by atoms with Gasteiger partial charge in [0.1, 0.15) is 5.82 Å². The summed E-state index contributed by atoms with van der Waals surface area (Å²) in [4.78, 5) is 0. The number of hydrogen-bond acceptors (Lipinski definition) is 0. The van der Waals surface area contributed by atoms with Crippen molar-refractivity contribution in [2.75, 3.05) is 0 Å². The molecule has 0 aliphatic carbocycles. The predicted octanol–water partition coefficient (Wildman–Crippen LogP) is 6.96. The van der Waals surface area contributed by atoms with Crippen molar-refractivity contribution < 1.29 is 4.39 Å². The molecule has 0 radical (unpaired) electrons. The summed E-state index contributed by atoms with van der Waals surface area (Å²) < 4.78 is 14.4. The summed E-state index contributed by atoms with van der Waals surface area (Å²) in [6.07, 6.45) is 9.39. The van der Waals surface area contributed by atoms with Crippen LogP contribution in [0.5, 0.6) is 0 Å². The normalized spacial score (nSPS) is 10.9. The highest BCUT2D eigenvalue weighted by atomic mass is 19.1. The number of unbranched alkanes of at least 4 members (excludes halogenated alkanes) is 4. The molecule has 0 spiro atoms. The summed E-state index contributed by atoms with van der Waals surface area (Å²) in [5.41, 5.74) is 4.13. The topological polar surface area (TPSA) is 0 Å². The number of hydrogen-bond donors (Lipinski definition) is 0. The first-order chi connectivity index (χ1) is 11.2. The summed E-state index contributed by atoms with van der Waals surface area (Å²) in [5.74, 6) is -0.0979. The van der Waals surface area contributed by atoms with Gasteiger partial charge in [-0.3, -0.25) is 0 Å². The number of halogens is 1. The van der Waals surface area contributed by atoms with E-state index in [2.05, 4.69) is 32.0 Å². The number of rotatable bonds is 9. The van der Waals surface area contributed by atoms with Gasteiger partial charge in [-0.25, -0.2) is 4.39 Å². The van der Waals surface area contributed by atoms with E-state index in [9.17, 15) is 4.39 Å². The molecule has 0 nitrogen and oxygen atoms in total.